The number of hydrogen-bond donors (Lipinski definition) is 14. The van der Waals surface area contributed by atoms with E-state index in [1.165, 1.54) is 63.5 Å². The van der Waals surface area contributed by atoms with Crippen LogP contribution in [0.5, 0.6) is 0 Å². The van der Waals surface area contributed by atoms with Crippen molar-refractivity contribution in [1.29, 1.82) is 0 Å². The number of nitrogens with two attached hydrogens (primary N) is 2. The molecular formula is C50H80N14O16S2. The van der Waals surface area contributed by atoms with Gasteiger partial charge in [-0.1, -0.05) is 61.4 Å². The molecule has 0 bridgehead atoms. The Bertz CT molecular complexity index is 2290. The van der Waals surface area contributed by atoms with E-state index in [2.05, 4.69) is 53.2 Å². The molecule has 30 nitrogen and oxygen atoms in total. The van der Waals surface area contributed by atoms with Crippen LogP contribution < -0.4 is 64.6 Å². The summed E-state index contributed by atoms with van der Waals surface area (Å²) in [6.45, 7) is 13.4. The maximum Gasteiger partial charge on any atom is 0.325 e. The number of nitrogens with one attached hydrogen (secondary N) is 10. The molecule has 12 amide bonds. The van der Waals surface area contributed by atoms with Crippen LogP contribution in [0.25, 0.3) is 0 Å². The Morgan fingerprint density at radius 1 is 0.500 bits per heavy atom. The molecule has 2 aliphatic heterocycles. The van der Waals surface area contributed by atoms with Gasteiger partial charge in [-0.15, -0.1) is 0 Å². The summed E-state index contributed by atoms with van der Waals surface area (Å²) in [7, 11) is 1.76. The van der Waals surface area contributed by atoms with Crippen molar-refractivity contribution in [3.05, 3.63) is 23.5 Å². The van der Waals surface area contributed by atoms with Gasteiger partial charge in [0.15, 0.2) is 0 Å². The number of carboxylic acid groups (broad SMARTS) is 2. The second-order valence-corrected chi connectivity index (χ2v) is 22.7. The van der Waals surface area contributed by atoms with Gasteiger partial charge in [0.1, 0.15) is 59.7 Å². The fraction of sp³-hybridized carbons (Fsp3) is 0.640. The normalized spacial score (nSPS) is 18.2. The van der Waals surface area contributed by atoms with E-state index in [1.54, 1.807) is 27.7 Å². The molecule has 2 aliphatic rings. The molecule has 2 rings (SSSR count). The third-order valence-corrected chi connectivity index (χ3v) is 15.1. The molecule has 10 atom stereocenters. The molecule has 0 saturated carbocycles. The second kappa shape index (κ2) is 34.2. The SMILES string of the molecule is C/C=C(\NC(=O)[C@H](C)N)C(=O)N1CCC[C@H]1C(=O)NCC(=O)N[C@@H](CSSC[C@H](NC(=O)CNC(=O)[C@@H]1CCCN1C(=O)/C(=C/C)NC(=O)[C@H](C)N)C(=O)N[C@H](C(=O)N[C@@H](C)C(=O)O)C(C)C)C(=O)N[C@H](C(=O)N[C@@H](C)C(=O)O)C(C)C. The molecule has 16 N–H and O–H groups in total. The van der Waals surface area contributed by atoms with Gasteiger partial charge in [-0.3, -0.25) is 67.1 Å². The first-order valence-corrected chi connectivity index (χ1v) is 29.0. The molecular weight excluding hydrogens is 1120 g/mol. The summed E-state index contributed by atoms with van der Waals surface area (Å²) < 4.78 is 0. The average Bonchev–Trinajstić information content (AvgIpc) is 4.14. The Morgan fingerprint density at radius 2 is 0.829 bits per heavy atom. The van der Waals surface area contributed by atoms with Crippen molar-refractivity contribution in [3.8, 4) is 0 Å². The van der Waals surface area contributed by atoms with Gasteiger partial charge >= 0.3 is 11.9 Å². The summed E-state index contributed by atoms with van der Waals surface area (Å²) >= 11 is 0. The molecule has 2 fully saturated rings. The highest BCUT2D eigenvalue weighted by atomic mass is 33.1. The number of carbonyl (C=O) groups excluding carboxylic acids is 12. The van der Waals surface area contributed by atoms with Crippen molar-refractivity contribution in [1.82, 2.24) is 63.0 Å². The van der Waals surface area contributed by atoms with Crippen LogP contribution in [-0.2, 0) is 67.1 Å². The molecule has 0 aliphatic carbocycles. The van der Waals surface area contributed by atoms with Crippen LogP contribution in [0, 0.1) is 11.8 Å². The number of carboxylic acids is 2. The molecule has 82 heavy (non-hydrogen) atoms. The van der Waals surface area contributed by atoms with E-state index < -0.39 is 168 Å². The summed E-state index contributed by atoms with van der Waals surface area (Å²) in [6, 6.07) is -12.4. The summed E-state index contributed by atoms with van der Waals surface area (Å²) in [5, 5.41) is 43.2. The van der Waals surface area contributed by atoms with Crippen molar-refractivity contribution in [2.75, 3.05) is 37.7 Å². The number of carbonyl (C=O) groups is 14. The zero-order valence-electron chi connectivity index (χ0n) is 47.6. The highest BCUT2D eigenvalue weighted by Gasteiger charge is 2.39. The zero-order valence-corrected chi connectivity index (χ0v) is 49.3. The summed E-state index contributed by atoms with van der Waals surface area (Å²) in [5.41, 5.74) is 11.0. The average molecular weight is 1200 g/mol. The van der Waals surface area contributed by atoms with Crippen LogP contribution >= 0.6 is 21.6 Å². The number of amides is 12. The molecule has 2 saturated heterocycles. The molecule has 458 valence electrons. The number of nitrogens with zero attached hydrogens (tertiary/aromatic N) is 2. The van der Waals surface area contributed by atoms with Gasteiger partial charge in [-0.2, -0.15) is 0 Å². The maximum absolute atomic E-state index is 14.0. The Balaban J connectivity index is 2.40. The molecule has 0 radical (unpaired) electrons. The highest BCUT2D eigenvalue weighted by molar-refractivity contribution is 8.76. The minimum absolute atomic E-state index is 0.114. The van der Waals surface area contributed by atoms with Gasteiger partial charge in [-0.25, -0.2) is 0 Å². The van der Waals surface area contributed by atoms with E-state index in [0.717, 1.165) is 21.6 Å². The molecule has 2 heterocycles. The Kier molecular flexibility index (Phi) is 29.5. The van der Waals surface area contributed by atoms with Gasteiger partial charge in [0.2, 0.25) is 59.1 Å². The summed E-state index contributed by atoms with van der Waals surface area (Å²) in [6.07, 6.45) is 3.92. The van der Waals surface area contributed by atoms with Gasteiger partial charge in [0, 0.05) is 24.6 Å². The number of hydrogen-bond acceptors (Lipinski definition) is 18. The number of allylic oxidation sites excluding steroid dienone is 2. The minimum atomic E-state index is -1.52. The second-order valence-electron chi connectivity index (χ2n) is 20.1. The van der Waals surface area contributed by atoms with Crippen molar-refractivity contribution in [2.45, 2.75) is 155 Å². The number of aliphatic carboxylic acids is 2. The Labute approximate surface area is 482 Å². The lowest BCUT2D eigenvalue weighted by atomic mass is 10.0. The van der Waals surface area contributed by atoms with Gasteiger partial charge < -0.3 is 84.6 Å². The topological polar surface area (TPSA) is 458 Å². The number of likely N-dealkylation sites (tertiary alicyclic amines) is 2. The molecule has 0 unspecified atom stereocenters. The van der Waals surface area contributed by atoms with Crippen LogP contribution in [0.1, 0.15) is 94.9 Å². The molecule has 0 aromatic rings. The Morgan fingerprint density at radius 3 is 1.11 bits per heavy atom. The van der Waals surface area contributed by atoms with Crippen LogP contribution in [0.15, 0.2) is 23.5 Å². The largest absolute Gasteiger partial charge is 0.480 e. The first-order chi connectivity index (χ1) is 38.4. The van der Waals surface area contributed by atoms with Gasteiger partial charge in [-0.05, 0) is 79.1 Å². The van der Waals surface area contributed by atoms with E-state index in [4.69, 9.17) is 11.5 Å². The number of rotatable bonds is 31. The van der Waals surface area contributed by atoms with E-state index >= 15 is 0 Å². The standard InChI is InChI=1S/C50H80N14O16S2/c1-11-29(59-39(67)25(7)51)47(75)63-17-13-15-33(63)43(71)53-19-35(65)57-31(41(69)61-37(23(3)4)45(73)55-27(9)49(77)78)21-81-82-22-32(42(70)62-38(24(5)6)46(74)56-28(10)50(79)80)58-36(66)20-54-44(72)34-16-14-18-64(34)48(76)30(12-2)60-40(68)26(8)52/h11-12,23-28,31-34,37-38H,13-22,51-52H2,1-10H3,(H,53,71)(H,54,72)(H,55,73)(H,56,74)(H,57,65)(H,58,66)(H,59,67)(H,60,68)(H,61,69)(H,62,70)(H,77,78)(H,79,80)/b29-11-,30-12-/t25-,26-,27-,28-,31-,32-,33-,34-,37-,38-/m0/s1. The summed E-state index contributed by atoms with van der Waals surface area (Å²) in [5.74, 6) is -14.2. The van der Waals surface area contributed by atoms with E-state index in [0.29, 0.717) is 12.8 Å². The van der Waals surface area contributed by atoms with Gasteiger partial charge in [0.05, 0.1) is 25.2 Å². The maximum atomic E-state index is 14.0. The summed E-state index contributed by atoms with van der Waals surface area (Å²) in [4.78, 5) is 186. The van der Waals surface area contributed by atoms with Crippen LogP contribution in [0.3, 0.4) is 0 Å². The lowest BCUT2D eigenvalue weighted by Crippen LogP contribution is -2.58. The molecule has 0 spiro atoms. The molecule has 0 aromatic carbocycles. The Hall–Kier alpha value is -7.32. The predicted octanol–water partition coefficient (Wildman–Crippen LogP) is -4.25. The quantitative estimate of drug-likeness (QED) is 0.0178. The fourth-order valence-corrected chi connectivity index (χ4v) is 10.2. The van der Waals surface area contributed by atoms with E-state index in [9.17, 15) is 77.3 Å². The predicted molar refractivity (Wildman–Crippen MR) is 299 cm³/mol. The van der Waals surface area contributed by atoms with Crippen molar-refractivity contribution >= 4 is 104 Å². The van der Waals surface area contributed by atoms with Crippen LogP contribution in [0.2, 0.25) is 0 Å². The van der Waals surface area contributed by atoms with Crippen LogP contribution in [-0.4, -0.2) is 201 Å². The van der Waals surface area contributed by atoms with Crippen molar-refractivity contribution in [2.24, 2.45) is 23.3 Å². The van der Waals surface area contributed by atoms with Crippen molar-refractivity contribution < 1.29 is 77.3 Å². The first kappa shape index (κ1) is 70.8. The van der Waals surface area contributed by atoms with E-state index in [1.807, 2.05) is 0 Å². The lowest BCUT2D eigenvalue weighted by molar-refractivity contribution is -0.142. The van der Waals surface area contributed by atoms with Gasteiger partial charge in [0.25, 0.3) is 11.8 Å². The van der Waals surface area contributed by atoms with E-state index in [-0.39, 0.29) is 48.8 Å². The smallest absolute Gasteiger partial charge is 0.325 e. The monoisotopic (exact) mass is 1200 g/mol. The van der Waals surface area contributed by atoms with Crippen LogP contribution in [0.4, 0.5) is 0 Å². The fourth-order valence-electron chi connectivity index (χ4n) is 7.83. The lowest BCUT2D eigenvalue weighted by Gasteiger charge is -2.27. The third-order valence-electron chi connectivity index (χ3n) is 12.7. The molecule has 0 aromatic heterocycles. The minimum Gasteiger partial charge on any atom is -0.480 e. The van der Waals surface area contributed by atoms with Crippen molar-refractivity contribution in [3.63, 3.8) is 0 Å². The first-order valence-electron chi connectivity index (χ1n) is 26.5. The highest BCUT2D eigenvalue weighted by Crippen LogP contribution is 2.25. The third kappa shape index (κ3) is 22.2. The molecule has 32 heteroatoms. The zero-order chi connectivity index (χ0) is 62.3.